The molecule has 0 aliphatic heterocycles. The number of nitrogens with two attached hydrogens (primary N) is 1. The average Bonchev–Trinajstić information content (AvgIpc) is 3.00. The van der Waals surface area contributed by atoms with E-state index in [1.54, 1.807) is 11.3 Å². The van der Waals surface area contributed by atoms with Crippen molar-refractivity contribution in [2.75, 3.05) is 18.8 Å². The Bertz CT molecular complexity index is 759. The highest BCUT2D eigenvalue weighted by Gasteiger charge is 2.17. The van der Waals surface area contributed by atoms with Crippen LogP contribution in [0.2, 0.25) is 0 Å². The minimum atomic E-state index is -3.71. The van der Waals surface area contributed by atoms with Gasteiger partial charge in [-0.3, -0.25) is 4.99 Å². The number of rotatable bonds is 7. The van der Waals surface area contributed by atoms with Crippen LogP contribution in [0.3, 0.4) is 0 Å². The topological polar surface area (TPSA) is 84.5 Å². The third-order valence-electron chi connectivity index (χ3n) is 3.07. The first-order valence-electron chi connectivity index (χ1n) is 7.02. The number of thiophene rings is 1. The molecule has 0 spiro atoms. The van der Waals surface area contributed by atoms with Crippen LogP contribution in [0, 0.1) is 5.82 Å². The van der Waals surface area contributed by atoms with Crippen LogP contribution in [0.4, 0.5) is 4.39 Å². The van der Waals surface area contributed by atoms with E-state index in [9.17, 15) is 12.8 Å². The molecule has 3 N–H and O–H groups in total. The van der Waals surface area contributed by atoms with Crippen molar-refractivity contribution < 1.29 is 12.8 Å². The van der Waals surface area contributed by atoms with Gasteiger partial charge in [0.05, 0.1) is 12.3 Å². The molecule has 124 valence electrons. The largest absolute Gasteiger partial charge is 0.370 e. The molecule has 8 heteroatoms. The number of halogens is 1. The first-order chi connectivity index (χ1) is 11.0. The molecule has 0 amide bonds. The second-order valence-corrected chi connectivity index (χ2v) is 7.88. The minimum absolute atomic E-state index is 0.0193. The molecule has 0 aliphatic carbocycles. The van der Waals surface area contributed by atoms with Crippen LogP contribution >= 0.6 is 11.3 Å². The number of benzene rings is 1. The Hall–Kier alpha value is -1.93. The molecule has 1 heterocycles. The first kappa shape index (κ1) is 17.4. The molecule has 1 aromatic heterocycles. The molecule has 2 rings (SSSR count). The van der Waals surface area contributed by atoms with Gasteiger partial charge in [0.15, 0.2) is 15.8 Å². The van der Waals surface area contributed by atoms with Gasteiger partial charge in [-0.15, -0.1) is 11.3 Å². The second kappa shape index (κ2) is 8.07. The summed E-state index contributed by atoms with van der Waals surface area (Å²) in [5, 5.41) is 4.92. The number of nitrogens with zero attached hydrogens (tertiary/aromatic N) is 1. The Kier molecular flexibility index (Phi) is 6.12. The maximum absolute atomic E-state index is 13.5. The van der Waals surface area contributed by atoms with Crippen molar-refractivity contribution in [3.63, 3.8) is 0 Å². The van der Waals surface area contributed by atoms with E-state index in [1.807, 2.05) is 17.5 Å². The Morgan fingerprint density at radius 2 is 2.04 bits per heavy atom. The maximum Gasteiger partial charge on any atom is 0.188 e. The Morgan fingerprint density at radius 1 is 1.26 bits per heavy atom. The van der Waals surface area contributed by atoms with Crippen LogP contribution in [-0.4, -0.2) is 33.2 Å². The van der Waals surface area contributed by atoms with E-state index in [2.05, 4.69) is 10.3 Å². The zero-order chi connectivity index (χ0) is 16.7. The van der Waals surface area contributed by atoms with Gasteiger partial charge in [0.25, 0.3) is 0 Å². The number of guanidine groups is 1. The summed E-state index contributed by atoms with van der Waals surface area (Å²) in [5.74, 6) is -0.856. The molecular weight excluding hydrogens is 337 g/mol. The molecule has 0 saturated carbocycles. The molecule has 1 aromatic carbocycles. The summed E-state index contributed by atoms with van der Waals surface area (Å²) in [5.41, 5.74) is 5.68. The molecule has 0 atom stereocenters. The minimum Gasteiger partial charge on any atom is -0.370 e. The highest BCUT2D eigenvalue weighted by Crippen LogP contribution is 2.15. The molecule has 0 radical (unpaired) electrons. The van der Waals surface area contributed by atoms with Crippen LogP contribution < -0.4 is 11.1 Å². The predicted molar refractivity (Wildman–Crippen MR) is 91.0 cm³/mol. The van der Waals surface area contributed by atoms with Gasteiger partial charge in [-0.25, -0.2) is 12.8 Å². The van der Waals surface area contributed by atoms with Gasteiger partial charge < -0.3 is 11.1 Å². The fraction of sp³-hybridized carbons (Fsp3) is 0.267. The fourth-order valence-corrected chi connectivity index (χ4v) is 3.83. The molecule has 2 aromatic rings. The lowest BCUT2D eigenvalue weighted by Crippen LogP contribution is -2.33. The van der Waals surface area contributed by atoms with Crippen LogP contribution in [0.25, 0.3) is 0 Å². The van der Waals surface area contributed by atoms with E-state index in [0.29, 0.717) is 6.54 Å². The number of aliphatic imine (C=N–C) groups is 1. The zero-order valence-electron chi connectivity index (χ0n) is 12.4. The Labute approximate surface area is 139 Å². The highest BCUT2D eigenvalue weighted by molar-refractivity contribution is 7.91. The number of hydrogen-bond donors (Lipinski definition) is 2. The van der Waals surface area contributed by atoms with E-state index in [0.717, 1.165) is 12.5 Å². The van der Waals surface area contributed by atoms with Crippen molar-refractivity contribution in [1.82, 2.24) is 5.32 Å². The van der Waals surface area contributed by atoms with Gasteiger partial charge in [0.1, 0.15) is 10.7 Å². The summed E-state index contributed by atoms with van der Waals surface area (Å²) in [6, 6.07) is 9.31. The lowest BCUT2D eigenvalue weighted by atomic mass is 10.3. The van der Waals surface area contributed by atoms with Crippen molar-refractivity contribution in [3.05, 3.63) is 52.5 Å². The van der Waals surface area contributed by atoms with Gasteiger partial charge in [-0.05, 0) is 30.0 Å². The molecule has 5 nitrogen and oxygen atoms in total. The Morgan fingerprint density at radius 3 is 2.74 bits per heavy atom. The number of sulfone groups is 1. The van der Waals surface area contributed by atoms with Crippen LogP contribution in [0.1, 0.15) is 4.88 Å². The molecule has 0 aliphatic rings. The molecule has 23 heavy (non-hydrogen) atoms. The summed E-state index contributed by atoms with van der Waals surface area (Å²) in [7, 11) is -3.71. The molecule has 0 fully saturated rings. The zero-order valence-corrected chi connectivity index (χ0v) is 14.0. The van der Waals surface area contributed by atoms with Crippen molar-refractivity contribution >= 4 is 27.1 Å². The maximum atomic E-state index is 13.5. The third-order valence-corrected chi connectivity index (χ3v) is 5.73. The lowest BCUT2D eigenvalue weighted by molar-refractivity contribution is 0.567. The second-order valence-electron chi connectivity index (χ2n) is 4.77. The van der Waals surface area contributed by atoms with Gasteiger partial charge in [-0.1, -0.05) is 18.2 Å². The number of hydrogen-bond acceptors (Lipinski definition) is 4. The Balaban J connectivity index is 1.81. The van der Waals surface area contributed by atoms with Gasteiger partial charge >= 0.3 is 0 Å². The quantitative estimate of drug-likeness (QED) is 0.586. The summed E-state index contributed by atoms with van der Waals surface area (Å²) in [4.78, 5) is 4.89. The van der Waals surface area contributed by atoms with Crippen molar-refractivity contribution in [1.29, 1.82) is 0 Å². The average molecular weight is 355 g/mol. The molecule has 0 saturated heterocycles. The van der Waals surface area contributed by atoms with Crippen molar-refractivity contribution in [2.45, 2.75) is 11.3 Å². The van der Waals surface area contributed by atoms with Crippen LogP contribution in [0.15, 0.2) is 51.7 Å². The lowest BCUT2D eigenvalue weighted by Gasteiger charge is -2.06. The van der Waals surface area contributed by atoms with E-state index < -0.39 is 15.7 Å². The van der Waals surface area contributed by atoms with E-state index in [1.165, 1.54) is 23.1 Å². The van der Waals surface area contributed by atoms with Gasteiger partial charge in [0, 0.05) is 11.4 Å². The normalized spacial score (nSPS) is 12.3. The molecular formula is C15H18FN3O2S2. The SMILES string of the molecule is NC(=NCCS(=O)(=O)c1ccccc1F)NCCc1cccs1. The highest BCUT2D eigenvalue weighted by atomic mass is 32.2. The standard InChI is InChI=1S/C15H18FN3O2S2/c16-13-5-1-2-6-14(13)23(20,21)11-9-19-15(17)18-8-7-12-4-3-10-22-12/h1-6,10H,7-9,11H2,(H3,17,18,19). The fourth-order valence-electron chi connectivity index (χ4n) is 1.92. The summed E-state index contributed by atoms with van der Waals surface area (Å²) < 4.78 is 37.6. The van der Waals surface area contributed by atoms with E-state index in [-0.39, 0.29) is 23.2 Å². The first-order valence-corrected chi connectivity index (χ1v) is 9.56. The summed E-state index contributed by atoms with van der Waals surface area (Å²) in [6.07, 6.45) is 0.821. The molecule has 0 unspecified atom stereocenters. The monoisotopic (exact) mass is 355 g/mol. The van der Waals surface area contributed by atoms with Crippen LogP contribution in [0.5, 0.6) is 0 Å². The van der Waals surface area contributed by atoms with Crippen molar-refractivity contribution in [3.8, 4) is 0 Å². The molecule has 0 bridgehead atoms. The van der Waals surface area contributed by atoms with Gasteiger partial charge in [-0.2, -0.15) is 0 Å². The third kappa shape index (κ3) is 5.33. The predicted octanol–water partition coefficient (Wildman–Crippen LogP) is 1.81. The smallest absolute Gasteiger partial charge is 0.188 e. The van der Waals surface area contributed by atoms with Gasteiger partial charge in [0.2, 0.25) is 0 Å². The summed E-state index contributed by atoms with van der Waals surface area (Å²) >= 11 is 1.66. The van der Waals surface area contributed by atoms with Crippen LogP contribution in [-0.2, 0) is 16.3 Å². The summed E-state index contributed by atoms with van der Waals surface area (Å²) in [6.45, 7) is 0.602. The van der Waals surface area contributed by atoms with E-state index >= 15 is 0 Å². The van der Waals surface area contributed by atoms with E-state index in [4.69, 9.17) is 5.73 Å². The number of nitrogens with one attached hydrogen (secondary N) is 1. The van der Waals surface area contributed by atoms with Crippen molar-refractivity contribution in [2.24, 2.45) is 10.7 Å².